The van der Waals surface area contributed by atoms with Crippen LogP contribution in [0.1, 0.15) is 1.43 Å². The molecule has 5 heteroatoms. The summed E-state index contributed by atoms with van der Waals surface area (Å²) in [4.78, 5) is 0. The van der Waals surface area contributed by atoms with Gasteiger partial charge in [0.25, 0.3) is 0 Å². The molecule has 6 N–H and O–H groups in total. The maximum Gasteiger partial charge on any atom is 1.00 e. The largest absolute Gasteiger partial charge is 1.00 e. The van der Waals surface area contributed by atoms with Gasteiger partial charge in [0.2, 0.25) is 5.96 Å². The molecule has 32 valence electrons. The third-order valence-electron chi connectivity index (χ3n) is 0.149. The predicted molar refractivity (Wildman–Crippen MR) is 21.1 cm³/mol. The quantitative estimate of drug-likeness (QED) is 0.0971. The van der Waals surface area contributed by atoms with E-state index in [1.807, 2.05) is 0 Å². The van der Waals surface area contributed by atoms with Crippen LogP contribution in [0.2, 0.25) is 0 Å². The van der Waals surface area contributed by atoms with Crippen LogP contribution in [0.4, 0.5) is 0 Å². The fourth-order valence-electron chi connectivity index (χ4n) is 0. The maximum atomic E-state index is 4.69. The second-order valence-electron chi connectivity index (χ2n) is 0.554. The molecule has 6 heavy (non-hydrogen) atoms. The molecule has 0 atom stereocenters. The Morgan fingerprint density at radius 1 is 1.50 bits per heavy atom. The van der Waals surface area contributed by atoms with E-state index >= 15 is 0 Å². The molecule has 0 heterocycles. The number of guanidine groups is 1. The van der Waals surface area contributed by atoms with Gasteiger partial charge < -0.3 is 18.7 Å². The average molecular weight is 114 g/mol. The Bertz CT molecular complexity index is 49.7. The van der Waals surface area contributed by atoms with Crippen molar-refractivity contribution in [1.82, 2.24) is 0 Å². The van der Waals surface area contributed by atoms with Crippen molar-refractivity contribution >= 4 is 5.96 Å². The molecular weight excluding hydrogens is 107 g/mol. The monoisotopic (exact) mass is 114 g/mol. The maximum absolute atomic E-state index is 4.69. The van der Waals surface area contributed by atoms with Gasteiger partial charge in [0.15, 0.2) is 0 Å². The van der Waals surface area contributed by atoms with Crippen molar-refractivity contribution in [2.75, 3.05) is 0 Å². The molecule has 0 aliphatic rings. The summed E-state index contributed by atoms with van der Waals surface area (Å²) in [6, 6.07) is 0. The number of hydrogen-bond donors (Lipinski definition) is 3. The van der Waals surface area contributed by atoms with E-state index in [1.165, 1.54) is 0 Å². The van der Waals surface area contributed by atoms with Gasteiger partial charge in [0, 0.05) is 0 Å². The third kappa shape index (κ3) is 8.83. The predicted octanol–water partition coefficient (Wildman–Crippen LogP) is -4.75. The molecule has 0 aromatic rings. The summed E-state index contributed by atoms with van der Waals surface area (Å²) in [7, 11) is 0. The van der Waals surface area contributed by atoms with Crippen molar-refractivity contribution in [3.05, 3.63) is 0 Å². The van der Waals surface area contributed by atoms with Gasteiger partial charge >= 0.3 is 51.4 Å². The molecule has 0 bridgehead atoms. The summed E-state index contributed by atoms with van der Waals surface area (Å²) in [5.41, 5.74) is 9.39. The van der Waals surface area contributed by atoms with Crippen LogP contribution in [-0.4, -0.2) is 5.96 Å². The molecule has 0 amide bonds. The molecule has 0 unspecified atom stereocenters. The van der Waals surface area contributed by atoms with Crippen LogP contribution >= 0.6 is 0 Å². The Hall–Kier alpha value is 0.706. The summed E-state index contributed by atoms with van der Waals surface area (Å²) in [6.07, 6.45) is 0. The van der Waals surface area contributed by atoms with Crippen molar-refractivity contribution in [1.29, 1.82) is 0 Å². The number of nitrogens with zero attached hydrogens (tertiary/aromatic N) is 1. The molecule has 0 spiro atoms. The second kappa shape index (κ2) is 5.71. The number of hydrazone groups is 1. The zero-order chi connectivity index (χ0) is 4.28. The minimum absolute atomic E-state index is 0. The van der Waals surface area contributed by atoms with Crippen LogP contribution in [0.3, 0.4) is 0 Å². The summed E-state index contributed by atoms with van der Waals surface area (Å²) < 4.78 is 0. The third-order valence-corrected chi connectivity index (χ3v) is 0.149. The van der Waals surface area contributed by atoms with Crippen LogP contribution < -0.4 is 68.7 Å². The van der Waals surface area contributed by atoms with E-state index < -0.39 is 0 Å². The topological polar surface area (TPSA) is 90.4 Å². The molecule has 0 saturated heterocycles. The Labute approximate surface area is 80.0 Å². The van der Waals surface area contributed by atoms with E-state index in [0.717, 1.165) is 0 Å². The fraction of sp³-hybridized carbons (Fsp3) is 0. The van der Waals surface area contributed by atoms with Gasteiger partial charge in [-0.3, -0.25) is 0 Å². The first-order valence-electron chi connectivity index (χ1n) is 1.06. The summed E-state index contributed by atoms with van der Waals surface area (Å²) in [5, 5.41) is 2.86. The summed E-state index contributed by atoms with van der Waals surface area (Å²) >= 11 is 0. The molecule has 0 aliphatic carbocycles. The van der Waals surface area contributed by atoms with Crippen molar-refractivity contribution in [2.45, 2.75) is 0 Å². The number of hydrogen-bond acceptors (Lipinski definition) is 2. The SMILES string of the molecule is NN=C(N)N.[H-].[K+]. The fourth-order valence-corrected chi connectivity index (χ4v) is 0. The van der Waals surface area contributed by atoms with E-state index in [2.05, 4.69) is 10.9 Å². The molecule has 0 radical (unpaired) electrons. The van der Waals surface area contributed by atoms with E-state index in [1.54, 1.807) is 0 Å². The van der Waals surface area contributed by atoms with Crippen molar-refractivity contribution in [3.63, 3.8) is 0 Å². The first kappa shape index (κ1) is 9.86. The van der Waals surface area contributed by atoms with Crippen LogP contribution in [-0.2, 0) is 0 Å². The first-order chi connectivity index (χ1) is 2.27. The van der Waals surface area contributed by atoms with Crippen LogP contribution in [0.5, 0.6) is 0 Å². The molecule has 0 aromatic heterocycles. The van der Waals surface area contributed by atoms with Gasteiger partial charge in [-0.1, -0.05) is 0 Å². The van der Waals surface area contributed by atoms with Gasteiger partial charge in [-0.2, -0.15) is 0 Å². The number of rotatable bonds is 0. The molecule has 0 saturated carbocycles. The van der Waals surface area contributed by atoms with Gasteiger partial charge in [0.05, 0.1) is 0 Å². The van der Waals surface area contributed by atoms with Gasteiger partial charge in [-0.05, 0) is 0 Å². The zero-order valence-corrected chi connectivity index (χ0v) is 6.80. The van der Waals surface area contributed by atoms with E-state index in [0.29, 0.717) is 0 Å². The van der Waals surface area contributed by atoms with Gasteiger partial charge in [-0.25, -0.2) is 0 Å². The smallest absolute Gasteiger partial charge is 1.00 e. The average Bonchev–Trinajstić information content (AvgIpc) is 1.38. The van der Waals surface area contributed by atoms with E-state index in [4.69, 9.17) is 11.5 Å². The van der Waals surface area contributed by atoms with Crippen LogP contribution in [0.15, 0.2) is 5.10 Å². The molecule has 0 aliphatic heterocycles. The molecule has 0 aromatic carbocycles. The minimum atomic E-state index is -0.0926. The van der Waals surface area contributed by atoms with Crippen molar-refractivity contribution in [2.24, 2.45) is 22.4 Å². The van der Waals surface area contributed by atoms with Crippen molar-refractivity contribution in [3.8, 4) is 0 Å². The summed E-state index contributed by atoms with van der Waals surface area (Å²) in [5.74, 6) is 4.42. The van der Waals surface area contributed by atoms with E-state index in [9.17, 15) is 0 Å². The number of nitrogens with two attached hydrogens (primary N) is 3. The Morgan fingerprint density at radius 2 is 1.67 bits per heavy atom. The molecular formula is CH7KN4. The standard InChI is InChI=1S/CH6N4.K.H/c2-1(3)5-4;;/h4H2,(H4,2,3,5);;/q;+1;-1. The molecule has 4 nitrogen and oxygen atoms in total. The second-order valence-corrected chi connectivity index (χ2v) is 0.554. The van der Waals surface area contributed by atoms with E-state index in [-0.39, 0.29) is 58.8 Å². The first-order valence-corrected chi connectivity index (χ1v) is 1.06. The molecule has 0 fully saturated rings. The van der Waals surface area contributed by atoms with Crippen molar-refractivity contribution < 1.29 is 52.8 Å². The summed E-state index contributed by atoms with van der Waals surface area (Å²) in [6.45, 7) is 0. The minimum Gasteiger partial charge on any atom is -1.00 e. The molecule has 0 rings (SSSR count). The van der Waals surface area contributed by atoms with Gasteiger partial charge in [0.1, 0.15) is 0 Å². The normalized spacial score (nSPS) is 5.33. The Kier molecular flexibility index (Phi) is 9.38. The Morgan fingerprint density at radius 3 is 1.67 bits per heavy atom. The van der Waals surface area contributed by atoms with Gasteiger partial charge in [-0.15, -0.1) is 5.10 Å². The Balaban J connectivity index is -0.0000000800. The zero-order valence-electron chi connectivity index (χ0n) is 4.68. The van der Waals surface area contributed by atoms with Crippen LogP contribution in [0, 0.1) is 0 Å². The van der Waals surface area contributed by atoms with Crippen LogP contribution in [0.25, 0.3) is 0 Å².